The summed E-state index contributed by atoms with van der Waals surface area (Å²) in [6, 6.07) is 8.24. The van der Waals surface area contributed by atoms with Crippen LogP contribution in [-0.2, 0) is 20.2 Å². The van der Waals surface area contributed by atoms with E-state index in [1.54, 1.807) is 0 Å². The molecule has 0 atom stereocenters. The smallest absolute Gasteiger partial charge is 0.744 e. The number of aromatic hydroxyl groups is 1. The van der Waals surface area contributed by atoms with Gasteiger partial charge in [0.25, 0.3) is 6.16 Å². The van der Waals surface area contributed by atoms with E-state index >= 15 is 0 Å². The Bertz CT molecular complexity index is 1430. The second-order valence-corrected chi connectivity index (χ2v) is 8.60. The maximum absolute atomic E-state index is 11.0. The Balaban J connectivity index is 0.00000385. The molecule has 0 aliphatic rings. The van der Waals surface area contributed by atoms with Crippen molar-refractivity contribution in [1.82, 2.24) is 9.78 Å². The minimum atomic E-state index is -4.73. The fourth-order valence-electron chi connectivity index (χ4n) is 2.34. The molecule has 0 radical (unpaired) electrons. The maximum Gasteiger partial charge on any atom is 1.00 e. The van der Waals surface area contributed by atoms with E-state index in [0.717, 1.165) is 53.2 Å². The molecule has 0 fully saturated rings. The molecule has 14 nitrogen and oxygen atoms in total. The fourth-order valence-corrected chi connectivity index (χ4v) is 3.28. The molecule has 168 valence electrons. The van der Waals surface area contributed by atoms with Crippen molar-refractivity contribution in [3.8, 4) is 17.4 Å². The molecule has 0 unspecified atom stereocenters. The molecule has 0 saturated carbocycles. The molecule has 2 aromatic carbocycles. The van der Waals surface area contributed by atoms with Gasteiger partial charge in [-0.05, 0) is 48.5 Å². The van der Waals surface area contributed by atoms with Gasteiger partial charge in [-0.1, -0.05) is 0 Å². The molecule has 1 heterocycles. The molecule has 0 aliphatic heterocycles. The summed E-state index contributed by atoms with van der Waals surface area (Å²) in [6.45, 7) is 0. The number of aromatic nitrogens is 2. The zero-order valence-corrected chi connectivity index (χ0v) is 26.0. The Kier molecular flexibility index (Phi) is 13.3. The number of benzene rings is 2. The van der Waals surface area contributed by atoms with Crippen molar-refractivity contribution in [2.75, 3.05) is 0 Å². The van der Waals surface area contributed by atoms with Crippen LogP contribution < -0.4 is 98.5 Å². The molecule has 35 heavy (non-hydrogen) atoms. The molecular weight excluding hydrogens is 541 g/mol. The van der Waals surface area contributed by atoms with Crippen LogP contribution in [0.4, 0.5) is 16.2 Å². The minimum absolute atomic E-state index is 0. The van der Waals surface area contributed by atoms with Crippen LogP contribution in [-0.4, -0.2) is 47.0 Å². The molecule has 3 rings (SSSR count). The van der Waals surface area contributed by atoms with E-state index in [-0.39, 0.29) is 100 Å². The van der Waals surface area contributed by atoms with Crippen LogP contribution in [0, 0.1) is 0 Å². The predicted molar refractivity (Wildman–Crippen MR) is 97.8 cm³/mol. The monoisotopic (exact) mass is 550 g/mol. The first-order valence-electron chi connectivity index (χ1n) is 8.11. The Morgan fingerprint density at radius 1 is 0.857 bits per heavy atom. The van der Waals surface area contributed by atoms with Crippen LogP contribution in [0.15, 0.2) is 68.6 Å². The standard InChI is InChI=1S/C16H12N4O10S2.3Na/c21-15-13(18-17-9-1-5-11(6-2-9)31(24,25)26)14(30-16(22)23)19-20(15)10-3-7-12(8-4-10)32(27,28)29;;;/h1-8,21H,(H,22,23)(H,24,25,26)(H,27,28,29);;;/q;3*+1/p-3. The summed E-state index contributed by atoms with van der Waals surface area (Å²) in [4.78, 5) is 9.74. The van der Waals surface area contributed by atoms with Gasteiger partial charge in [-0.2, -0.15) is 9.80 Å². The zero-order valence-electron chi connectivity index (χ0n) is 18.3. The van der Waals surface area contributed by atoms with Gasteiger partial charge < -0.3 is 28.8 Å². The third-order valence-corrected chi connectivity index (χ3v) is 5.45. The van der Waals surface area contributed by atoms with E-state index in [4.69, 9.17) is 0 Å². The fraction of sp³-hybridized carbons (Fsp3) is 0. The molecule has 1 aromatic heterocycles. The maximum atomic E-state index is 11.0. The first-order valence-corrected chi connectivity index (χ1v) is 10.9. The van der Waals surface area contributed by atoms with E-state index in [2.05, 4.69) is 20.1 Å². The van der Waals surface area contributed by atoms with Gasteiger partial charge in [0.1, 0.15) is 20.2 Å². The molecule has 0 amide bonds. The van der Waals surface area contributed by atoms with Crippen molar-refractivity contribution in [1.29, 1.82) is 0 Å². The Hall–Kier alpha value is -0.860. The van der Waals surface area contributed by atoms with E-state index in [9.17, 15) is 40.9 Å². The number of hydrogen-bond acceptors (Lipinski definition) is 13. The van der Waals surface area contributed by atoms with E-state index in [1.165, 1.54) is 0 Å². The van der Waals surface area contributed by atoms with Crippen molar-refractivity contribution in [3.63, 3.8) is 0 Å². The van der Waals surface area contributed by atoms with Gasteiger partial charge in [0, 0.05) is 0 Å². The van der Waals surface area contributed by atoms with Gasteiger partial charge >= 0.3 is 88.7 Å². The summed E-state index contributed by atoms with van der Waals surface area (Å²) in [6.07, 6.45) is -2.04. The van der Waals surface area contributed by atoms with Crippen LogP contribution in [0.2, 0.25) is 0 Å². The number of carboxylic acid groups (broad SMARTS) is 1. The zero-order chi connectivity index (χ0) is 23.7. The summed E-state index contributed by atoms with van der Waals surface area (Å²) in [5, 5.41) is 32.2. The predicted octanol–water partition coefficient (Wildman–Crippen LogP) is -8.46. The topological polar surface area (TPSA) is 227 Å². The van der Waals surface area contributed by atoms with E-state index in [0.29, 0.717) is 0 Å². The second-order valence-electron chi connectivity index (χ2n) is 5.84. The quantitative estimate of drug-likeness (QED) is 0.131. The Morgan fingerprint density at radius 2 is 1.31 bits per heavy atom. The van der Waals surface area contributed by atoms with Crippen molar-refractivity contribution in [2.24, 2.45) is 10.2 Å². The second kappa shape index (κ2) is 13.6. The summed E-state index contributed by atoms with van der Waals surface area (Å²) >= 11 is 0. The van der Waals surface area contributed by atoms with Gasteiger partial charge in [-0.3, -0.25) is 0 Å². The summed E-state index contributed by atoms with van der Waals surface area (Å²) in [7, 11) is -9.40. The number of hydrogen-bond donors (Lipinski definition) is 1. The Morgan fingerprint density at radius 3 is 1.74 bits per heavy atom. The summed E-state index contributed by atoms with van der Waals surface area (Å²) < 4.78 is 71.0. The van der Waals surface area contributed by atoms with Gasteiger partial charge in [0.05, 0.1) is 21.2 Å². The molecule has 19 heteroatoms. The first-order chi connectivity index (χ1) is 14.9. The third-order valence-electron chi connectivity index (χ3n) is 3.75. The van der Waals surface area contributed by atoms with Gasteiger partial charge in [-0.25, -0.2) is 16.8 Å². The summed E-state index contributed by atoms with van der Waals surface area (Å²) in [5.74, 6) is -1.52. The number of rotatable bonds is 6. The van der Waals surface area contributed by atoms with Crippen molar-refractivity contribution < 1.29 is 134 Å². The normalized spacial score (nSPS) is 11.1. The SMILES string of the molecule is O=C([O-])Oc1nn(-c2ccc(S(=O)(=O)[O-])cc2)c(O)c1N=Nc1ccc(S(=O)(=O)[O-])cc1.[Na+].[Na+].[Na+]. The minimum Gasteiger partial charge on any atom is -0.744 e. The first kappa shape index (κ1) is 34.1. The molecule has 3 aromatic rings. The number of carbonyl (C=O) groups is 1. The van der Waals surface area contributed by atoms with Gasteiger partial charge in [0.15, 0.2) is 11.6 Å². The molecule has 1 N–H and O–H groups in total. The average molecular weight is 550 g/mol. The van der Waals surface area contributed by atoms with E-state index in [1.807, 2.05) is 0 Å². The van der Waals surface area contributed by atoms with Crippen molar-refractivity contribution >= 4 is 37.8 Å². The van der Waals surface area contributed by atoms with Crippen LogP contribution in [0.25, 0.3) is 5.69 Å². The molecule has 0 bridgehead atoms. The van der Waals surface area contributed by atoms with Crippen LogP contribution in [0.1, 0.15) is 0 Å². The number of azo groups is 1. The Labute approximate surface area is 264 Å². The average Bonchev–Trinajstić information content (AvgIpc) is 3.00. The molecule has 0 spiro atoms. The summed E-state index contributed by atoms with van der Waals surface area (Å²) in [5.41, 5.74) is -0.547. The number of ether oxygens (including phenoxy) is 1. The van der Waals surface area contributed by atoms with Crippen LogP contribution in [0.5, 0.6) is 11.8 Å². The number of nitrogens with zero attached hydrogens (tertiary/aromatic N) is 4. The van der Waals surface area contributed by atoms with Gasteiger partial charge in [0.2, 0.25) is 5.88 Å². The molecule has 0 aliphatic carbocycles. The van der Waals surface area contributed by atoms with Crippen LogP contribution >= 0.6 is 0 Å². The van der Waals surface area contributed by atoms with Gasteiger partial charge in [-0.15, -0.1) is 10.2 Å². The molecular formula is C16H9N4Na3O10S2. The third kappa shape index (κ3) is 8.89. The van der Waals surface area contributed by atoms with Crippen molar-refractivity contribution in [2.45, 2.75) is 9.79 Å². The molecule has 0 saturated heterocycles. The van der Waals surface area contributed by atoms with E-state index < -0.39 is 53.6 Å². The van der Waals surface area contributed by atoms with Crippen LogP contribution in [0.3, 0.4) is 0 Å². The number of carbonyl (C=O) groups excluding carboxylic acids is 1. The van der Waals surface area contributed by atoms with Crippen molar-refractivity contribution in [3.05, 3.63) is 48.5 Å². The largest absolute Gasteiger partial charge is 1.00 e.